The highest BCUT2D eigenvalue weighted by Crippen LogP contribution is 2.34. The molecule has 8 heteroatoms. The van der Waals surface area contributed by atoms with Crippen molar-refractivity contribution in [3.63, 3.8) is 0 Å². The quantitative estimate of drug-likeness (QED) is 0.533. The molecule has 0 saturated heterocycles. The molecule has 0 aliphatic rings. The van der Waals surface area contributed by atoms with Crippen molar-refractivity contribution in [2.24, 2.45) is 0 Å². The minimum atomic E-state index is -4.50. The highest BCUT2D eigenvalue weighted by atomic mass is 35.5. The Morgan fingerprint density at radius 2 is 1.88 bits per heavy atom. The maximum atomic E-state index is 12.8. The van der Waals surface area contributed by atoms with E-state index in [1.54, 1.807) is 27.7 Å². The Morgan fingerprint density at radius 3 is 2.40 bits per heavy atom. The summed E-state index contributed by atoms with van der Waals surface area (Å²) in [7, 11) is 0. The van der Waals surface area contributed by atoms with Crippen molar-refractivity contribution in [1.82, 2.24) is 0 Å². The molecule has 0 atom stereocenters. The summed E-state index contributed by atoms with van der Waals surface area (Å²) in [4.78, 5) is 12.2. The van der Waals surface area contributed by atoms with Gasteiger partial charge in [0.25, 0.3) is 0 Å². The summed E-state index contributed by atoms with van der Waals surface area (Å²) in [5, 5.41) is 2.74. The van der Waals surface area contributed by atoms with Crippen LogP contribution in [-0.4, -0.2) is 24.8 Å². The topological polar surface area (TPSA) is 47.6 Å². The van der Waals surface area contributed by atoms with Gasteiger partial charge in [0.1, 0.15) is 0 Å². The van der Waals surface area contributed by atoms with Gasteiger partial charge in [0.2, 0.25) is 0 Å². The van der Waals surface area contributed by atoms with E-state index in [9.17, 15) is 18.0 Å². The first-order valence-corrected chi connectivity index (χ1v) is 8.05. The van der Waals surface area contributed by atoms with Crippen molar-refractivity contribution in [1.29, 1.82) is 0 Å². The van der Waals surface area contributed by atoms with Crippen molar-refractivity contribution in [3.8, 4) is 0 Å². The fourth-order valence-corrected chi connectivity index (χ4v) is 2.26. The van der Waals surface area contributed by atoms with E-state index in [2.05, 4.69) is 5.32 Å². The monoisotopic (exact) mass is 379 g/mol. The van der Waals surface area contributed by atoms with Gasteiger partial charge in [-0.15, -0.1) is 0 Å². The summed E-state index contributed by atoms with van der Waals surface area (Å²) in [6, 6.07) is 2.89. The molecular formula is C17H21ClF3NO3. The number of hydrogen-bond donors (Lipinski definition) is 1. The number of carbonyl (C=O) groups is 1. The van der Waals surface area contributed by atoms with Gasteiger partial charge in [-0.2, -0.15) is 13.2 Å². The van der Waals surface area contributed by atoms with Gasteiger partial charge in [-0.05, 0) is 45.9 Å². The zero-order valence-corrected chi connectivity index (χ0v) is 15.2. The van der Waals surface area contributed by atoms with Gasteiger partial charge in [0, 0.05) is 12.8 Å². The fraction of sp³-hybridized carbons (Fsp3) is 0.471. The Hall–Kier alpha value is -1.73. The third kappa shape index (κ3) is 5.93. The molecule has 0 aliphatic heterocycles. The normalized spacial score (nSPS) is 12.9. The molecule has 4 nitrogen and oxygen atoms in total. The van der Waals surface area contributed by atoms with Crippen LogP contribution in [-0.2, 0) is 20.4 Å². The number of ether oxygens (including phenoxy) is 2. The maximum Gasteiger partial charge on any atom is 0.416 e. The predicted octanol–water partition coefficient (Wildman–Crippen LogP) is 5.03. The van der Waals surface area contributed by atoms with E-state index >= 15 is 0 Å². The molecule has 0 aliphatic carbocycles. The number of alkyl halides is 3. The van der Waals surface area contributed by atoms with E-state index in [1.807, 2.05) is 0 Å². The van der Waals surface area contributed by atoms with Gasteiger partial charge in [-0.3, -0.25) is 0 Å². The Bertz CT molecular complexity index is 643. The molecule has 0 unspecified atom stereocenters. The van der Waals surface area contributed by atoms with Crippen LogP contribution >= 0.6 is 11.6 Å². The maximum absolute atomic E-state index is 12.8. The summed E-state index contributed by atoms with van der Waals surface area (Å²) in [5.74, 6) is -0.628. The molecule has 0 radical (unpaired) electrons. The molecule has 0 aromatic heterocycles. The van der Waals surface area contributed by atoms with E-state index < -0.39 is 23.3 Å². The first-order valence-electron chi connectivity index (χ1n) is 7.68. The van der Waals surface area contributed by atoms with E-state index in [0.717, 1.165) is 18.2 Å². The number of nitrogens with one attached hydrogen (secondary N) is 1. The molecule has 0 amide bonds. The van der Waals surface area contributed by atoms with Gasteiger partial charge >= 0.3 is 12.1 Å². The minimum Gasteiger partial charge on any atom is -0.463 e. The van der Waals surface area contributed by atoms with Crippen LogP contribution in [0, 0.1) is 0 Å². The summed E-state index contributed by atoms with van der Waals surface area (Å²) in [6.07, 6.45) is -3.24. The van der Waals surface area contributed by atoms with Crippen molar-refractivity contribution < 1.29 is 27.4 Å². The third-order valence-corrected chi connectivity index (χ3v) is 3.64. The Labute approximate surface area is 149 Å². The number of benzene rings is 1. The lowest BCUT2D eigenvalue weighted by molar-refractivity contribution is -0.141. The number of halogens is 4. The number of carbonyl (C=O) groups excluding carboxylic acids is 1. The van der Waals surface area contributed by atoms with Crippen LogP contribution in [0.3, 0.4) is 0 Å². The third-order valence-electron chi connectivity index (χ3n) is 3.31. The average Bonchev–Trinajstić information content (AvgIpc) is 2.48. The van der Waals surface area contributed by atoms with Crippen LogP contribution in [0.2, 0.25) is 5.02 Å². The van der Waals surface area contributed by atoms with Crippen LogP contribution in [0.15, 0.2) is 30.0 Å². The summed E-state index contributed by atoms with van der Waals surface area (Å²) < 4.78 is 49.0. The molecule has 0 fully saturated rings. The molecule has 0 heterocycles. The van der Waals surface area contributed by atoms with Crippen LogP contribution in [0.4, 0.5) is 18.9 Å². The van der Waals surface area contributed by atoms with Crippen molar-refractivity contribution in [2.75, 3.05) is 18.5 Å². The Balaban J connectivity index is 3.21. The van der Waals surface area contributed by atoms with Crippen LogP contribution in [0.25, 0.3) is 0 Å². The lowest BCUT2D eigenvalue weighted by atomic mass is 9.98. The molecule has 140 valence electrons. The van der Waals surface area contributed by atoms with E-state index in [-0.39, 0.29) is 22.9 Å². The van der Waals surface area contributed by atoms with Crippen molar-refractivity contribution >= 4 is 23.3 Å². The Kier molecular flexibility index (Phi) is 7.31. The fourth-order valence-electron chi connectivity index (χ4n) is 2.09. The van der Waals surface area contributed by atoms with Gasteiger partial charge in [-0.1, -0.05) is 11.6 Å². The van der Waals surface area contributed by atoms with E-state index in [4.69, 9.17) is 21.1 Å². The smallest absolute Gasteiger partial charge is 0.416 e. The van der Waals surface area contributed by atoms with Crippen LogP contribution < -0.4 is 5.32 Å². The van der Waals surface area contributed by atoms with Gasteiger partial charge in [0.05, 0.1) is 34.1 Å². The second-order valence-corrected chi connectivity index (χ2v) is 5.97. The first-order chi connectivity index (χ1) is 11.5. The lowest BCUT2D eigenvalue weighted by Crippen LogP contribution is -2.33. The second kappa shape index (κ2) is 8.58. The molecule has 1 rings (SSSR count). The van der Waals surface area contributed by atoms with Crippen molar-refractivity contribution in [2.45, 2.75) is 39.5 Å². The molecule has 1 aromatic carbocycles. The van der Waals surface area contributed by atoms with Crippen LogP contribution in [0.1, 0.15) is 33.3 Å². The lowest BCUT2D eigenvalue weighted by Gasteiger charge is -2.26. The molecule has 0 saturated carbocycles. The highest BCUT2D eigenvalue weighted by molar-refractivity contribution is 6.33. The molecular weight excluding hydrogens is 359 g/mol. The molecule has 25 heavy (non-hydrogen) atoms. The number of hydrogen-bond acceptors (Lipinski definition) is 4. The SMILES string of the molecule is CCOC(=O)/C(=C\Nc1cc(C(F)(F)F)ccc1Cl)C(C)(C)OCC. The van der Waals surface area contributed by atoms with Crippen LogP contribution in [0.5, 0.6) is 0 Å². The summed E-state index contributed by atoms with van der Waals surface area (Å²) in [6.45, 7) is 7.24. The highest BCUT2D eigenvalue weighted by Gasteiger charge is 2.32. The van der Waals surface area contributed by atoms with E-state index in [0.29, 0.717) is 6.61 Å². The van der Waals surface area contributed by atoms with Gasteiger partial charge < -0.3 is 14.8 Å². The van der Waals surface area contributed by atoms with Gasteiger partial charge in [-0.25, -0.2) is 4.79 Å². The zero-order valence-electron chi connectivity index (χ0n) is 14.5. The standard InChI is InChI=1S/C17H21ClF3NO3/c1-5-24-15(23)12(16(3,4)25-6-2)10-22-14-9-11(17(19,20)21)7-8-13(14)18/h7-10,22H,5-6H2,1-4H3/b12-10+. The molecule has 1 aromatic rings. The number of rotatable bonds is 7. The average molecular weight is 380 g/mol. The first kappa shape index (κ1) is 21.3. The van der Waals surface area contributed by atoms with Gasteiger partial charge in [0.15, 0.2) is 0 Å². The zero-order chi connectivity index (χ0) is 19.3. The largest absolute Gasteiger partial charge is 0.463 e. The van der Waals surface area contributed by atoms with Crippen molar-refractivity contribution in [3.05, 3.63) is 40.6 Å². The molecule has 1 N–H and O–H groups in total. The molecule has 0 bridgehead atoms. The Morgan fingerprint density at radius 1 is 1.24 bits per heavy atom. The summed E-state index contributed by atoms with van der Waals surface area (Å²) >= 11 is 5.94. The minimum absolute atomic E-state index is 0.0191. The summed E-state index contributed by atoms with van der Waals surface area (Å²) in [5.41, 5.74) is -1.70. The number of esters is 1. The number of anilines is 1. The second-order valence-electron chi connectivity index (χ2n) is 5.56. The predicted molar refractivity (Wildman–Crippen MR) is 90.5 cm³/mol. The van der Waals surface area contributed by atoms with E-state index in [1.165, 1.54) is 6.20 Å². The molecule has 0 spiro atoms.